The first-order valence-electron chi connectivity index (χ1n) is 5.57. The van der Waals surface area contributed by atoms with E-state index in [-0.39, 0.29) is 11.3 Å². The molecule has 2 aromatic carbocycles. The van der Waals surface area contributed by atoms with E-state index in [0.29, 0.717) is 5.56 Å². The minimum Gasteiger partial charge on any atom is -0.494 e. The fourth-order valence-corrected chi connectivity index (χ4v) is 1.82. The van der Waals surface area contributed by atoms with E-state index < -0.39 is 23.5 Å². The third-order valence-electron chi connectivity index (χ3n) is 2.85. The predicted octanol–water partition coefficient (Wildman–Crippen LogP) is 3.16. The Labute approximate surface area is 108 Å². The number of hydrogen-bond acceptors (Lipinski definition) is 2. The quantitative estimate of drug-likeness (QED) is 0.927. The van der Waals surface area contributed by atoms with E-state index in [4.69, 9.17) is 10.5 Å². The van der Waals surface area contributed by atoms with Gasteiger partial charge in [-0.1, -0.05) is 18.2 Å². The highest BCUT2D eigenvalue weighted by Crippen LogP contribution is 2.26. The Balaban J connectivity index is 2.41. The molecule has 0 bridgehead atoms. The van der Waals surface area contributed by atoms with Crippen LogP contribution < -0.4 is 10.5 Å². The van der Waals surface area contributed by atoms with Gasteiger partial charge in [-0.3, -0.25) is 0 Å². The molecule has 0 radical (unpaired) electrons. The summed E-state index contributed by atoms with van der Waals surface area (Å²) in [6.07, 6.45) is 0. The van der Waals surface area contributed by atoms with Crippen LogP contribution in [0.5, 0.6) is 5.75 Å². The summed E-state index contributed by atoms with van der Waals surface area (Å²) in [7, 11) is 1.34. The first kappa shape index (κ1) is 13.4. The molecule has 5 heteroatoms. The maximum absolute atomic E-state index is 13.6. The summed E-state index contributed by atoms with van der Waals surface area (Å²) in [5.74, 6) is -2.55. The van der Waals surface area contributed by atoms with E-state index >= 15 is 0 Å². The molecule has 0 aliphatic heterocycles. The molecule has 2 aromatic rings. The minimum atomic E-state index is -1.02. The molecule has 0 aromatic heterocycles. The van der Waals surface area contributed by atoms with Gasteiger partial charge in [0.25, 0.3) is 0 Å². The van der Waals surface area contributed by atoms with Gasteiger partial charge in [0.1, 0.15) is 0 Å². The molecular formula is C14H12F3NO. The van der Waals surface area contributed by atoms with Crippen molar-refractivity contribution in [3.8, 4) is 5.75 Å². The molecule has 0 spiro atoms. The first-order chi connectivity index (χ1) is 9.04. The fraction of sp³-hybridized carbons (Fsp3) is 0.143. The number of ether oxygens (including phenoxy) is 1. The maximum Gasteiger partial charge on any atom is 0.165 e. The highest BCUT2D eigenvalue weighted by Gasteiger charge is 2.17. The van der Waals surface area contributed by atoms with Crippen LogP contribution in [-0.2, 0) is 0 Å². The summed E-state index contributed by atoms with van der Waals surface area (Å²) in [6.45, 7) is 0. The Bertz CT molecular complexity index is 601. The molecule has 0 heterocycles. The van der Waals surface area contributed by atoms with Crippen molar-refractivity contribution < 1.29 is 17.9 Å². The largest absolute Gasteiger partial charge is 0.494 e. The summed E-state index contributed by atoms with van der Waals surface area (Å²) >= 11 is 0. The van der Waals surface area contributed by atoms with Crippen molar-refractivity contribution in [3.63, 3.8) is 0 Å². The second-order valence-electron chi connectivity index (χ2n) is 4.01. The molecule has 1 atom stereocenters. The number of hydrogen-bond donors (Lipinski definition) is 1. The number of nitrogens with two attached hydrogens (primary N) is 1. The zero-order valence-electron chi connectivity index (χ0n) is 10.2. The van der Waals surface area contributed by atoms with Crippen molar-refractivity contribution in [2.45, 2.75) is 6.04 Å². The van der Waals surface area contributed by atoms with Gasteiger partial charge in [0.05, 0.1) is 13.2 Å². The Morgan fingerprint density at radius 2 is 1.79 bits per heavy atom. The van der Waals surface area contributed by atoms with Gasteiger partial charge < -0.3 is 10.5 Å². The predicted molar refractivity (Wildman–Crippen MR) is 65.3 cm³/mol. The second kappa shape index (κ2) is 5.32. The zero-order chi connectivity index (χ0) is 14.0. The lowest BCUT2D eigenvalue weighted by atomic mass is 9.99. The standard InChI is InChI=1S/C14H12F3NO/c1-19-12-6-5-8(7-11(12)16)14(18)9-3-2-4-10(15)13(9)17/h2-7,14H,18H2,1H3. The van der Waals surface area contributed by atoms with Gasteiger partial charge in [-0.05, 0) is 23.8 Å². The lowest BCUT2D eigenvalue weighted by Crippen LogP contribution is -2.14. The van der Waals surface area contributed by atoms with Gasteiger partial charge >= 0.3 is 0 Å². The molecule has 0 saturated carbocycles. The van der Waals surface area contributed by atoms with Gasteiger partial charge in [0, 0.05) is 5.56 Å². The molecule has 2 rings (SSSR count). The van der Waals surface area contributed by atoms with Crippen molar-refractivity contribution in [2.24, 2.45) is 5.73 Å². The van der Waals surface area contributed by atoms with E-state index in [1.54, 1.807) is 0 Å². The number of halogens is 3. The average molecular weight is 267 g/mol. The maximum atomic E-state index is 13.6. The van der Waals surface area contributed by atoms with Gasteiger partial charge in [0.15, 0.2) is 23.2 Å². The van der Waals surface area contributed by atoms with Crippen molar-refractivity contribution in [1.29, 1.82) is 0 Å². The smallest absolute Gasteiger partial charge is 0.165 e. The van der Waals surface area contributed by atoms with Gasteiger partial charge in [-0.2, -0.15) is 0 Å². The fourth-order valence-electron chi connectivity index (χ4n) is 1.82. The van der Waals surface area contributed by atoms with Crippen LogP contribution >= 0.6 is 0 Å². The van der Waals surface area contributed by atoms with Crippen molar-refractivity contribution in [2.75, 3.05) is 7.11 Å². The van der Waals surface area contributed by atoms with E-state index in [2.05, 4.69) is 0 Å². The molecule has 0 fully saturated rings. The van der Waals surface area contributed by atoms with Crippen LogP contribution in [0.3, 0.4) is 0 Å². The number of methoxy groups -OCH3 is 1. The van der Waals surface area contributed by atoms with Gasteiger partial charge in [-0.15, -0.1) is 0 Å². The molecule has 2 N–H and O–H groups in total. The highest BCUT2D eigenvalue weighted by atomic mass is 19.2. The molecule has 0 aliphatic carbocycles. The molecule has 100 valence electrons. The molecule has 19 heavy (non-hydrogen) atoms. The molecule has 1 unspecified atom stereocenters. The van der Waals surface area contributed by atoms with Crippen molar-refractivity contribution in [3.05, 3.63) is 65.0 Å². The SMILES string of the molecule is COc1ccc(C(N)c2cccc(F)c2F)cc1F. The lowest BCUT2D eigenvalue weighted by molar-refractivity contribution is 0.386. The van der Waals surface area contributed by atoms with Crippen molar-refractivity contribution >= 4 is 0 Å². The zero-order valence-corrected chi connectivity index (χ0v) is 10.2. The summed E-state index contributed by atoms with van der Waals surface area (Å²) in [5, 5.41) is 0. The Hall–Kier alpha value is -2.01. The van der Waals surface area contributed by atoms with Crippen LogP contribution in [0.2, 0.25) is 0 Å². The van der Waals surface area contributed by atoms with Crippen LogP contribution in [0.15, 0.2) is 36.4 Å². The van der Waals surface area contributed by atoms with Crippen LogP contribution in [0.25, 0.3) is 0 Å². The molecule has 0 saturated heterocycles. The van der Waals surface area contributed by atoms with Gasteiger partial charge in [0.2, 0.25) is 0 Å². The van der Waals surface area contributed by atoms with E-state index in [1.165, 1.54) is 31.4 Å². The Morgan fingerprint density at radius 1 is 1.05 bits per heavy atom. The van der Waals surface area contributed by atoms with E-state index in [9.17, 15) is 13.2 Å². The van der Waals surface area contributed by atoms with Crippen LogP contribution in [0.1, 0.15) is 17.2 Å². The van der Waals surface area contributed by atoms with Crippen LogP contribution in [0, 0.1) is 17.5 Å². The Kier molecular flexibility index (Phi) is 3.76. The second-order valence-corrected chi connectivity index (χ2v) is 4.01. The number of benzene rings is 2. The van der Waals surface area contributed by atoms with Gasteiger partial charge in [-0.25, -0.2) is 13.2 Å². The number of rotatable bonds is 3. The Morgan fingerprint density at radius 3 is 2.42 bits per heavy atom. The topological polar surface area (TPSA) is 35.2 Å². The van der Waals surface area contributed by atoms with E-state index in [1.807, 2.05) is 0 Å². The molecule has 2 nitrogen and oxygen atoms in total. The highest BCUT2D eigenvalue weighted by molar-refractivity contribution is 5.36. The molecular weight excluding hydrogens is 255 g/mol. The summed E-state index contributed by atoms with van der Waals surface area (Å²) in [6, 6.07) is 6.82. The third kappa shape index (κ3) is 2.56. The summed E-state index contributed by atoms with van der Waals surface area (Å²) in [5.41, 5.74) is 6.14. The van der Waals surface area contributed by atoms with Crippen LogP contribution in [0.4, 0.5) is 13.2 Å². The lowest BCUT2D eigenvalue weighted by Gasteiger charge is -2.14. The molecule has 0 aliphatic rings. The monoisotopic (exact) mass is 267 g/mol. The van der Waals surface area contributed by atoms with E-state index in [0.717, 1.165) is 12.1 Å². The summed E-state index contributed by atoms with van der Waals surface area (Å²) in [4.78, 5) is 0. The van der Waals surface area contributed by atoms with Crippen LogP contribution in [-0.4, -0.2) is 7.11 Å². The first-order valence-corrected chi connectivity index (χ1v) is 5.57. The average Bonchev–Trinajstić information content (AvgIpc) is 2.41. The van der Waals surface area contributed by atoms with Crippen molar-refractivity contribution in [1.82, 2.24) is 0 Å². The minimum absolute atomic E-state index is 0.0235. The third-order valence-corrected chi connectivity index (χ3v) is 2.85. The molecule has 0 amide bonds. The summed E-state index contributed by atoms with van der Waals surface area (Å²) < 4.78 is 45.1. The normalized spacial score (nSPS) is 12.3.